The quantitative estimate of drug-likeness (QED) is 0.272. The SMILES string of the molecule is N#Cc1c(N)sc2c(F)ccc(-c3c(Cl)cc4c(N5CC6CCC(C5)N6)nc(OCC5(CN6CC[C@@H](F)C6)COC5)nc4c3F)c12. The Morgan fingerprint density at radius 1 is 1.17 bits per heavy atom. The molecule has 0 aliphatic carbocycles. The lowest BCUT2D eigenvalue weighted by molar-refractivity contribution is -0.143. The highest BCUT2D eigenvalue weighted by Crippen LogP contribution is 2.46. The van der Waals surface area contributed by atoms with E-state index in [4.69, 9.17) is 31.8 Å². The molecule has 240 valence electrons. The van der Waals surface area contributed by atoms with Crippen molar-refractivity contribution < 1.29 is 22.6 Å². The second-order valence-corrected chi connectivity index (χ2v) is 14.4. The van der Waals surface area contributed by atoms with Gasteiger partial charge in [-0.15, -0.1) is 11.3 Å². The maximum Gasteiger partial charge on any atom is 0.319 e. The van der Waals surface area contributed by atoms with Crippen molar-refractivity contribution >= 4 is 54.7 Å². The number of aromatic nitrogens is 2. The predicted octanol–water partition coefficient (Wildman–Crippen LogP) is 5.28. The van der Waals surface area contributed by atoms with Crippen LogP contribution in [0.25, 0.3) is 32.1 Å². The summed E-state index contributed by atoms with van der Waals surface area (Å²) in [6, 6.07) is 6.88. The Morgan fingerprint density at radius 3 is 2.63 bits per heavy atom. The summed E-state index contributed by atoms with van der Waals surface area (Å²) >= 11 is 7.77. The molecular weight excluding hydrogens is 639 g/mol. The number of nitriles is 1. The van der Waals surface area contributed by atoms with Crippen molar-refractivity contribution in [1.29, 1.82) is 5.26 Å². The highest BCUT2D eigenvalue weighted by atomic mass is 35.5. The van der Waals surface area contributed by atoms with Crippen molar-refractivity contribution in [1.82, 2.24) is 20.2 Å². The van der Waals surface area contributed by atoms with Crippen LogP contribution in [0.3, 0.4) is 0 Å². The number of nitrogens with two attached hydrogens (primary N) is 1. The average Bonchev–Trinajstić information content (AvgIpc) is 3.70. The van der Waals surface area contributed by atoms with E-state index in [1.165, 1.54) is 12.1 Å². The van der Waals surface area contributed by atoms with Crippen LogP contribution in [-0.2, 0) is 4.74 Å². The number of likely N-dealkylation sites (tertiary alicyclic amines) is 1. The van der Waals surface area contributed by atoms with Gasteiger partial charge in [0, 0.05) is 61.1 Å². The third-order valence-electron chi connectivity index (χ3n) is 9.66. The standard InChI is InChI=1S/C32H31ClF3N7O2S/c33-22-7-20-27(26(36)25(22)19-3-4-23(35)28-24(19)21(8-37)29(38)46-28)40-31(41-30(20)43-10-17-1-2-18(11-43)39-17)45-15-32(13-44-14-32)12-42-6-5-16(34)9-42/h3-4,7,16-18,39H,1-2,5-6,9-15,38H2/t16-,17?,18?/m1/s1. The molecule has 8 rings (SSSR count). The normalized spacial score (nSPS) is 24.1. The van der Waals surface area contributed by atoms with Crippen molar-refractivity contribution in [3.05, 3.63) is 40.4 Å². The van der Waals surface area contributed by atoms with Crippen LogP contribution in [0.1, 0.15) is 24.8 Å². The number of nitrogens with zero attached hydrogens (tertiary/aromatic N) is 5. The number of fused-ring (bicyclic) bond motifs is 4. The Labute approximate surface area is 272 Å². The van der Waals surface area contributed by atoms with Crippen LogP contribution in [-0.4, -0.2) is 85.7 Å². The van der Waals surface area contributed by atoms with Crippen LogP contribution in [0.4, 0.5) is 24.0 Å². The lowest BCUT2D eigenvalue weighted by Gasteiger charge is -2.43. The van der Waals surface area contributed by atoms with Crippen molar-refractivity contribution in [3.8, 4) is 23.2 Å². The summed E-state index contributed by atoms with van der Waals surface area (Å²) in [7, 11) is 0. The first-order chi connectivity index (χ1) is 22.2. The lowest BCUT2D eigenvalue weighted by Crippen LogP contribution is -2.54. The first kappa shape index (κ1) is 30.0. The van der Waals surface area contributed by atoms with E-state index in [-0.39, 0.29) is 72.4 Å². The Morgan fingerprint density at radius 2 is 1.96 bits per heavy atom. The highest BCUT2D eigenvalue weighted by molar-refractivity contribution is 7.23. The van der Waals surface area contributed by atoms with Gasteiger partial charge in [-0.3, -0.25) is 4.90 Å². The summed E-state index contributed by atoms with van der Waals surface area (Å²) in [6.07, 6.45) is 1.76. The second kappa shape index (κ2) is 11.4. The van der Waals surface area contributed by atoms with Crippen molar-refractivity contribution in [2.75, 3.05) is 63.2 Å². The number of nitrogens with one attached hydrogen (secondary N) is 1. The Kier molecular flexibility index (Phi) is 7.41. The summed E-state index contributed by atoms with van der Waals surface area (Å²) in [4.78, 5) is 13.6. The molecule has 3 N–H and O–H groups in total. The Hall–Kier alpha value is -3.41. The molecule has 6 heterocycles. The molecule has 0 saturated carbocycles. The largest absolute Gasteiger partial charge is 0.463 e. The van der Waals surface area contributed by atoms with Gasteiger partial charge in [0.2, 0.25) is 0 Å². The second-order valence-electron chi connectivity index (χ2n) is 13.0. The molecule has 0 radical (unpaired) electrons. The zero-order valence-corrected chi connectivity index (χ0v) is 26.4. The maximum absolute atomic E-state index is 16.9. The number of anilines is 2. The van der Waals surface area contributed by atoms with Gasteiger partial charge in [-0.1, -0.05) is 17.7 Å². The van der Waals surface area contributed by atoms with Gasteiger partial charge in [0.25, 0.3) is 0 Å². The van der Waals surface area contributed by atoms with Gasteiger partial charge in [-0.25, -0.2) is 13.2 Å². The lowest BCUT2D eigenvalue weighted by atomic mass is 9.86. The van der Waals surface area contributed by atoms with E-state index in [1.807, 2.05) is 6.07 Å². The van der Waals surface area contributed by atoms with E-state index in [9.17, 15) is 14.0 Å². The van der Waals surface area contributed by atoms with E-state index in [2.05, 4.69) is 20.1 Å². The van der Waals surface area contributed by atoms with E-state index >= 15 is 4.39 Å². The molecule has 2 aromatic heterocycles. The van der Waals surface area contributed by atoms with E-state index in [0.29, 0.717) is 63.6 Å². The molecule has 2 bridgehead atoms. The van der Waals surface area contributed by atoms with Crippen LogP contribution < -0.4 is 20.7 Å². The molecule has 46 heavy (non-hydrogen) atoms. The third kappa shape index (κ3) is 5.02. The number of nitrogen functional groups attached to an aromatic ring is 1. The van der Waals surface area contributed by atoms with Crippen LogP contribution >= 0.6 is 22.9 Å². The molecule has 9 nitrogen and oxygen atoms in total. The number of rotatable bonds is 7. The monoisotopic (exact) mass is 669 g/mol. The molecule has 3 atom stereocenters. The number of thiophene rings is 1. The van der Waals surface area contributed by atoms with Gasteiger partial charge in [-0.05, 0) is 37.0 Å². The fraction of sp³-hybridized carbons (Fsp3) is 0.469. The Balaban J connectivity index is 1.24. The van der Waals surface area contributed by atoms with Crippen molar-refractivity contribution in [2.45, 2.75) is 37.5 Å². The topological polar surface area (TPSA) is 113 Å². The molecule has 4 aromatic rings. The zero-order chi connectivity index (χ0) is 31.7. The van der Waals surface area contributed by atoms with E-state index in [1.54, 1.807) is 6.07 Å². The first-order valence-corrected chi connectivity index (χ1v) is 16.6. The molecule has 2 aromatic carbocycles. The predicted molar refractivity (Wildman–Crippen MR) is 171 cm³/mol. The number of halogens is 4. The van der Waals surface area contributed by atoms with Crippen LogP contribution in [0.15, 0.2) is 18.2 Å². The van der Waals surface area contributed by atoms with E-state index < -0.39 is 17.8 Å². The summed E-state index contributed by atoms with van der Waals surface area (Å²) < 4.78 is 57.6. The van der Waals surface area contributed by atoms with Gasteiger partial charge in [0.15, 0.2) is 5.82 Å². The van der Waals surface area contributed by atoms with Crippen LogP contribution in [0.5, 0.6) is 6.01 Å². The van der Waals surface area contributed by atoms with Gasteiger partial charge >= 0.3 is 6.01 Å². The summed E-state index contributed by atoms with van der Waals surface area (Å²) in [6.45, 7) is 4.19. The van der Waals surface area contributed by atoms with Crippen molar-refractivity contribution in [3.63, 3.8) is 0 Å². The number of hydrogen-bond acceptors (Lipinski definition) is 10. The molecule has 4 saturated heterocycles. The van der Waals surface area contributed by atoms with Crippen molar-refractivity contribution in [2.24, 2.45) is 5.41 Å². The maximum atomic E-state index is 16.9. The highest BCUT2D eigenvalue weighted by Gasteiger charge is 2.43. The fourth-order valence-corrected chi connectivity index (χ4v) is 8.67. The Bertz CT molecular complexity index is 1900. The molecule has 4 aliphatic rings. The number of piperazine rings is 1. The summed E-state index contributed by atoms with van der Waals surface area (Å²) in [5, 5.41) is 14.3. The smallest absolute Gasteiger partial charge is 0.319 e. The zero-order valence-electron chi connectivity index (χ0n) is 24.8. The number of benzene rings is 2. The minimum atomic E-state index is -0.833. The molecule has 0 amide bonds. The molecule has 0 spiro atoms. The van der Waals surface area contributed by atoms with E-state index in [0.717, 1.165) is 24.2 Å². The number of hydrogen-bond donors (Lipinski definition) is 2. The molecule has 14 heteroatoms. The van der Waals surface area contributed by atoms with Gasteiger partial charge in [0.1, 0.15) is 41.0 Å². The van der Waals surface area contributed by atoms with Gasteiger partial charge < -0.3 is 25.4 Å². The van der Waals surface area contributed by atoms with Crippen LogP contribution in [0.2, 0.25) is 5.02 Å². The number of alkyl halides is 1. The third-order valence-corrected chi connectivity index (χ3v) is 11.0. The molecular formula is C32H31ClF3N7O2S. The van der Waals surface area contributed by atoms with Gasteiger partial charge in [0.05, 0.1) is 33.9 Å². The summed E-state index contributed by atoms with van der Waals surface area (Å²) in [5.74, 6) is -0.776. The minimum Gasteiger partial charge on any atom is -0.463 e. The fourth-order valence-electron chi connectivity index (χ4n) is 7.42. The molecule has 4 aliphatic heterocycles. The number of ether oxygens (including phenoxy) is 2. The summed E-state index contributed by atoms with van der Waals surface area (Å²) in [5.41, 5.74) is 6.01. The minimum absolute atomic E-state index is 0.00295. The van der Waals surface area contributed by atoms with Gasteiger partial charge in [-0.2, -0.15) is 15.2 Å². The first-order valence-electron chi connectivity index (χ1n) is 15.4. The van der Waals surface area contributed by atoms with Crippen LogP contribution in [0, 0.1) is 28.4 Å². The average molecular weight is 670 g/mol. The molecule has 4 fully saturated rings. The molecule has 2 unspecified atom stereocenters.